The Hall–Kier alpha value is -2.47. The standard InChI is InChI=1S/C26H28N2O2S/c1-20-5-4-8-23(17-20)22-9-11-26(12-10-22)31(29,30)28-16-14-25(19-28)27-15-13-21-6-2-3-7-24(21)18-27/h2-12,17,25H,13-16,18-19H2,1H3. The van der Waals surface area contributed by atoms with Crippen molar-refractivity contribution in [1.82, 2.24) is 9.21 Å². The van der Waals surface area contributed by atoms with Crippen LogP contribution in [0.15, 0.2) is 77.7 Å². The maximum absolute atomic E-state index is 13.3. The van der Waals surface area contributed by atoms with Crippen LogP contribution in [0.2, 0.25) is 0 Å². The zero-order valence-corrected chi connectivity index (χ0v) is 18.7. The molecule has 0 spiro atoms. The number of benzene rings is 3. The Labute approximate surface area is 185 Å². The third kappa shape index (κ3) is 4.05. The van der Waals surface area contributed by atoms with Crippen molar-refractivity contribution in [2.45, 2.75) is 37.2 Å². The van der Waals surface area contributed by atoms with Gasteiger partial charge in [0.25, 0.3) is 0 Å². The van der Waals surface area contributed by atoms with Crippen molar-refractivity contribution in [3.05, 3.63) is 89.5 Å². The molecule has 0 saturated carbocycles. The van der Waals surface area contributed by atoms with E-state index in [4.69, 9.17) is 0 Å². The summed E-state index contributed by atoms with van der Waals surface area (Å²) in [6.07, 6.45) is 1.93. The van der Waals surface area contributed by atoms with Gasteiger partial charge >= 0.3 is 0 Å². The monoisotopic (exact) mass is 432 g/mol. The molecule has 0 radical (unpaired) electrons. The minimum atomic E-state index is -3.47. The lowest BCUT2D eigenvalue weighted by Gasteiger charge is -2.33. The van der Waals surface area contributed by atoms with Gasteiger partial charge in [0.1, 0.15) is 0 Å². The van der Waals surface area contributed by atoms with Crippen molar-refractivity contribution in [2.75, 3.05) is 19.6 Å². The van der Waals surface area contributed by atoms with Gasteiger partial charge in [-0.3, -0.25) is 4.90 Å². The van der Waals surface area contributed by atoms with Crippen molar-refractivity contribution >= 4 is 10.0 Å². The van der Waals surface area contributed by atoms with Crippen LogP contribution in [-0.2, 0) is 23.0 Å². The van der Waals surface area contributed by atoms with Crippen molar-refractivity contribution in [3.63, 3.8) is 0 Å². The second-order valence-electron chi connectivity index (χ2n) is 8.69. The Kier molecular flexibility index (Phi) is 5.42. The second-order valence-corrected chi connectivity index (χ2v) is 10.6. The first-order valence-electron chi connectivity index (χ1n) is 11.0. The lowest BCUT2D eigenvalue weighted by Crippen LogP contribution is -2.41. The highest BCUT2D eigenvalue weighted by molar-refractivity contribution is 7.89. The molecule has 160 valence electrons. The summed E-state index contributed by atoms with van der Waals surface area (Å²) in [5.74, 6) is 0. The van der Waals surface area contributed by atoms with Crippen LogP contribution in [0.1, 0.15) is 23.1 Å². The van der Waals surface area contributed by atoms with E-state index in [-0.39, 0.29) is 6.04 Å². The molecule has 1 atom stereocenters. The Balaban J connectivity index is 1.29. The summed E-state index contributed by atoms with van der Waals surface area (Å²) in [4.78, 5) is 2.84. The first-order valence-corrected chi connectivity index (χ1v) is 12.4. The highest BCUT2D eigenvalue weighted by Gasteiger charge is 2.36. The van der Waals surface area contributed by atoms with Gasteiger partial charge in [-0.15, -0.1) is 0 Å². The van der Waals surface area contributed by atoms with Crippen molar-refractivity contribution < 1.29 is 8.42 Å². The van der Waals surface area contributed by atoms with Gasteiger partial charge in [0.05, 0.1) is 4.90 Å². The van der Waals surface area contributed by atoms with E-state index in [1.807, 2.05) is 18.2 Å². The van der Waals surface area contributed by atoms with Crippen LogP contribution in [0, 0.1) is 6.92 Å². The smallest absolute Gasteiger partial charge is 0.243 e. The molecule has 5 heteroatoms. The van der Waals surface area contributed by atoms with E-state index in [0.29, 0.717) is 18.0 Å². The molecule has 0 bridgehead atoms. The molecular formula is C26H28N2O2S. The summed E-state index contributed by atoms with van der Waals surface area (Å²) >= 11 is 0. The van der Waals surface area contributed by atoms with E-state index >= 15 is 0 Å². The largest absolute Gasteiger partial charge is 0.294 e. The van der Waals surface area contributed by atoms with E-state index in [9.17, 15) is 8.42 Å². The highest BCUT2D eigenvalue weighted by Crippen LogP contribution is 2.29. The molecule has 2 aliphatic rings. The lowest BCUT2D eigenvalue weighted by atomic mass is 9.98. The summed E-state index contributed by atoms with van der Waals surface area (Å²) in [5.41, 5.74) is 6.14. The molecule has 0 N–H and O–H groups in total. The molecule has 1 saturated heterocycles. The van der Waals surface area contributed by atoms with Crippen molar-refractivity contribution in [1.29, 1.82) is 0 Å². The number of hydrogen-bond donors (Lipinski definition) is 0. The topological polar surface area (TPSA) is 40.6 Å². The molecule has 2 heterocycles. The molecule has 5 rings (SSSR count). The predicted octanol–water partition coefficient (Wildman–Crippen LogP) is 4.48. The molecule has 0 aromatic heterocycles. The summed E-state index contributed by atoms with van der Waals surface area (Å²) in [7, 11) is -3.47. The SMILES string of the molecule is Cc1cccc(-c2ccc(S(=O)(=O)N3CCC(N4CCc5ccccc5C4)C3)cc2)c1. The molecule has 3 aromatic carbocycles. The number of fused-ring (bicyclic) bond motifs is 1. The van der Waals surface area contributed by atoms with E-state index in [1.165, 1.54) is 16.7 Å². The van der Waals surface area contributed by atoms with Crippen LogP contribution in [0.3, 0.4) is 0 Å². The Bertz CT molecular complexity index is 1190. The maximum atomic E-state index is 13.3. The maximum Gasteiger partial charge on any atom is 0.243 e. The average molecular weight is 433 g/mol. The minimum Gasteiger partial charge on any atom is -0.294 e. The fourth-order valence-corrected chi connectivity index (χ4v) is 6.34. The highest BCUT2D eigenvalue weighted by atomic mass is 32.2. The van der Waals surface area contributed by atoms with Gasteiger partial charge in [-0.1, -0.05) is 66.2 Å². The van der Waals surface area contributed by atoms with Gasteiger partial charge in [-0.05, 0) is 54.2 Å². The molecule has 4 nitrogen and oxygen atoms in total. The van der Waals surface area contributed by atoms with Crippen LogP contribution >= 0.6 is 0 Å². The number of hydrogen-bond acceptors (Lipinski definition) is 3. The molecule has 1 unspecified atom stereocenters. The predicted molar refractivity (Wildman–Crippen MR) is 124 cm³/mol. The van der Waals surface area contributed by atoms with Crippen LogP contribution < -0.4 is 0 Å². The summed E-state index contributed by atoms with van der Waals surface area (Å²) in [5, 5.41) is 0. The molecule has 0 aliphatic carbocycles. The number of nitrogens with zero attached hydrogens (tertiary/aromatic N) is 2. The number of aryl methyl sites for hydroxylation is 1. The zero-order valence-electron chi connectivity index (χ0n) is 17.9. The van der Waals surface area contributed by atoms with Gasteiger partial charge in [-0.2, -0.15) is 4.31 Å². The quantitative estimate of drug-likeness (QED) is 0.610. The molecule has 1 fully saturated rings. The molecule has 31 heavy (non-hydrogen) atoms. The van der Waals surface area contributed by atoms with Crippen molar-refractivity contribution in [2.24, 2.45) is 0 Å². The summed E-state index contributed by atoms with van der Waals surface area (Å²) < 4.78 is 28.2. The van der Waals surface area contributed by atoms with E-state index in [0.717, 1.165) is 37.1 Å². The van der Waals surface area contributed by atoms with E-state index in [1.54, 1.807) is 16.4 Å². The fourth-order valence-electron chi connectivity index (χ4n) is 4.85. The molecule has 0 amide bonds. The summed E-state index contributed by atoms with van der Waals surface area (Å²) in [6.45, 7) is 5.14. The first kappa shape index (κ1) is 20.4. The Morgan fingerprint density at radius 2 is 1.61 bits per heavy atom. The van der Waals surface area contributed by atoms with Gasteiger partial charge in [0.2, 0.25) is 10.0 Å². The van der Waals surface area contributed by atoms with E-state index < -0.39 is 10.0 Å². The minimum absolute atomic E-state index is 0.287. The second kappa shape index (κ2) is 8.23. The zero-order chi connectivity index (χ0) is 21.4. The third-order valence-electron chi connectivity index (χ3n) is 6.65. The molecule has 3 aromatic rings. The van der Waals surface area contributed by atoms with Gasteiger partial charge in [-0.25, -0.2) is 8.42 Å². The van der Waals surface area contributed by atoms with E-state index in [2.05, 4.69) is 54.3 Å². The Morgan fingerprint density at radius 3 is 2.39 bits per heavy atom. The van der Waals surface area contributed by atoms with Crippen LogP contribution in [0.25, 0.3) is 11.1 Å². The van der Waals surface area contributed by atoms with Gasteiger partial charge in [0, 0.05) is 32.2 Å². The lowest BCUT2D eigenvalue weighted by molar-refractivity contribution is 0.185. The fraction of sp³-hybridized carbons (Fsp3) is 0.308. The van der Waals surface area contributed by atoms with Gasteiger partial charge < -0.3 is 0 Å². The number of rotatable bonds is 4. The Morgan fingerprint density at radius 1 is 0.839 bits per heavy atom. The normalized spacial score (nSPS) is 20.0. The average Bonchev–Trinajstić information content (AvgIpc) is 3.30. The molecular weight excluding hydrogens is 404 g/mol. The first-order chi connectivity index (χ1) is 15.0. The molecule has 2 aliphatic heterocycles. The number of sulfonamides is 1. The van der Waals surface area contributed by atoms with Crippen LogP contribution in [0.5, 0.6) is 0 Å². The van der Waals surface area contributed by atoms with Crippen LogP contribution in [0.4, 0.5) is 0 Å². The summed E-state index contributed by atoms with van der Waals surface area (Å²) in [6, 6.07) is 24.5. The van der Waals surface area contributed by atoms with Crippen LogP contribution in [-0.4, -0.2) is 43.3 Å². The van der Waals surface area contributed by atoms with Crippen molar-refractivity contribution in [3.8, 4) is 11.1 Å². The third-order valence-corrected chi connectivity index (χ3v) is 8.53. The van der Waals surface area contributed by atoms with Gasteiger partial charge in [0.15, 0.2) is 0 Å².